The Morgan fingerprint density at radius 2 is 2.12 bits per heavy atom. The van der Waals surface area contributed by atoms with Gasteiger partial charge in [-0.05, 0) is 25.5 Å². The standard InChI is InChI=1S/C21H25N5O6/c1-4-7-12-32-18-13-16(19(26(28)29)20(22)24-18)25(21(27)30-6-3)14-15-17(31-11-5-2)9-8-10-23-15/h4-5,8-10,13H,1-2,6-7,11-12,14H2,3H3,(H2,22,24). The van der Waals surface area contributed by atoms with Crippen LogP contribution in [0, 0.1) is 10.1 Å². The van der Waals surface area contributed by atoms with Gasteiger partial charge in [-0.1, -0.05) is 18.7 Å². The number of nitrogens with two attached hydrogens (primary N) is 1. The maximum Gasteiger partial charge on any atom is 0.414 e. The van der Waals surface area contributed by atoms with Gasteiger partial charge in [-0.3, -0.25) is 20.0 Å². The second-order valence-corrected chi connectivity index (χ2v) is 6.23. The molecule has 11 heteroatoms. The summed E-state index contributed by atoms with van der Waals surface area (Å²) in [6.45, 7) is 9.12. The first-order valence-electron chi connectivity index (χ1n) is 9.73. The minimum atomic E-state index is -0.835. The number of amides is 1. The number of nitrogen functional groups attached to an aromatic ring is 1. The largest absolute Gasteiger partial charge is 0.488 e. The van der Waals surface area contributed by atoms with Gasteiger partial charge in [0.2, 0.25) is 11.7 Å². The van der Waals surface area contributed by atoms with E-state index >= 15 is 0 Å². The van der Waals surface area contributed by atoms with E-state index in [9.17, 15) is 14.9 Å². The van der Waals surface area contributed by atoms with E-state index in [0.29, 0.717) is 17.9 Å². The average molecular weight is 443 g/mol. The van der Waals surface area contributed by atoms with Gasteiger partial charge >= 0.3 is 11.8 Å². The molecule has 0 saturated heterocycles. The molecule has 170 valence electrons. The van der Waals surface area contributed by atoms with E-state index in [1.165, 1.54) is 12.3 Å². The maximum atomic E-state index is 12.8. The highest BCUT2D eigenvalue weighted by Crippen LogP contribution is 2.37. The highest BCUT2D eigenvalue weighted by Gasteiger charge is 2.31. The Labute approximate surface area is 185 Å². The lowest BCUT2D eigenvalue weighted by atomic mass is 10.2. The first-order valence-corrected chi connectivity index (χ1v) is 9.73. The molecule has 1 amide bonds. The number of pyridine rings is 2. The van der Waals surface area contributed by atoms with Crippen LogP contribution in [0.3, 0.4) is 0 Å². The van der Waals surface area contributed by atoms with Crippen LogP contribution in [0.1, 0.15) is 19.0 Å². The molecule has 2 N–H and O–H groups in total. The third kappa shape index (κ3) is 6.17. The molecule has 0 aliphatic rings. The molecule has 32 heavy (non-hydrogen) atoms. The normalized spacial score (nSPS) is 10.2. The summed E-state index contributed by atoms with van der Waals surface area (Å²) in [7, 11) is 0. The molecule has 2 aromatic heterocycles. The molecule has 0 unspecified atom stereocenters. The molecule has 0 atom stereocenters. The summed E-state index contributed by atoms with van der Waals surface area (Å²) in [5, 5.41) is 11.8. The number of carbonyl (C=O) groups is 1. The van der Waals surface area contributed by atoms with E-state index < -0.39 is 22.5 Å². The molecular formula is C21H25N5O6. The van der Waals surface area contributed by atoms with Gasteiger partial charge in [-0.15, -0.1) is 6.58 Å². The molecule has 0 aliphatic carbocycles. The summed E-state index contributed by atoms with van der Waals surface area (Å²) in [5.74, 6) is -0.00297. The quantitative estimate of drug-likeness (QED) is 0.225. The lowest BCUT2D eigenvalue weighted by Gasteiger charge is -2.23. The van der Waals surface area contributed by atoms with Crippen molar-refractivity contribution < 1.29 is 23.9 Å². The van der Waals surface area contributed by atoms with Crippen LogP contribution in [0.5, 0.6) is 11.6 Å². The number of nitro groups is 1. The van der Waals surface area contributed by atoms with Gasteiger partial charge in [0.05, 0.1) is 24.7 Å². The molecule has 2 aromatic rings. The first kappa shape index (κ1) is 24.1. The van der Waals surface area contributed by atoms with Crippen LogP contribution in [0.2, 0.25) is 0 Å². The van der Waals surface area contributed by atoms with Crippen molar-refractivity contribution in [2.75, 3.05) is 30.5 Å². The maximum absolute atomic E-state index is 12.8. The molecule has 0 bridgehead atoms. The summed E-state index contributed by atoms with van der Waals surface area (Å²) in [5.41, 5.74) is 5.49. The van der Waals surface area contributed by atoms with Crippen molar-refractivity contribution in [2.45, 2.75) is 19.9 Å². The number of aromatic nitrogens is 2. The first-order chi connectivity index (χ1) is 15.4. The van der Waals surface area contributed by atoms with E-state index in [0.717, 1.165) is 4.90 Å². The van der Waals surface area contributed by atoms with Crippen LogP contribution >= 0.6 is 0 Å². The van der Waals surface area contributed by atoms with E-state index in [-0.39, 0.29) is 37.9 Å². The summed E-state index contributed by atoms with van der Waals surface area (Å²) in [6.07, 6.45) is 4.40. The summed E-state index contributed by atoms with van der Waals surface area (Å²) < 4.78 is 16.2. The zero-order valence-electron chi connectivity index (χ0n) is 17.7. The third-order valence-corrected chi connectivity index (χ3v) is 4.02. The van der Waals surface area contributed by atoms with Gasteiger partial charge in [0.1, 0.15) is 23.7 Å². The number of hydrogen-bond acceptors (Lipinski definition) is 9. The van der Waals surface area contributed by atoms with Crippen LogP contribution in [-0.2, 0) is 11.3 Å². The van der Waals surface area contributed by atoms with Crippen molar-refractivity contribution in [3.05, 3.63) is 65.5 Å². The molecule has 0 fully saturated rings. The predicted molar refractivity (Wildman–Crippen MR) is 119 cm³/mol. The second kappa shape index (κ2) is 11.9. The van der Waals surface area contributed by atoms with Crippen molar-refractivity contribution in [3.8, 4) is 11.6 Å². The SMILES string of the molecule is C=CCCOc1cc(N(Cc2ncccc2OCC=C)C(=O)OCC)c([N+](=O)[O-])c(N)n1. The van der Waals surface area contributed by atoms with Crippen molar-refractivity contribution >= 4 is 23.3 Å². The molecule has 0 saturated carbocycles. The van der Waals surface area contributed by atoms with Gasteiger partial charge in [0, 0.05) is 12.3 Å². The lowest BCUT2D eigenvalue weighted by molar-refractivity contribution is -0.383. The van der Waals surface area contributed by atoms with Crippen LogP contribution in [-0.4, -0.2) is 40.8 Å². The van der Waals surface area contributed by atoms with Crippen LogP contribution in [0.25, 0.3) is 0 Å². The zero-order chi connectivity index (χ0) is 23.5. The fourth-order valence-electron chi connectivity index (χ4n) is 2.66. The highest BCUT2D eigenvalue weighted by atomic mass is 16.6. The summed E-state index contributed by atoms with van der Waals surface area (Å²) in [6, 6.07) is 4.59. The van der Waals surface area contributed by atoms with Gasteiger partial charge in [-0.25, -0.2) is 4.79 Å². The Hall–Kier alpha value is -4.15. The number of hydrogen-bond donors (Lipinski definition) is 1. The Kier molecular flexibility index (Phi) is 8.96. The van der Waals surface area contributed by atoms with Crippen molar-refractivity contribution in [2.24, 2.45) is 0 Å². The smallest absolute Gasteiger partial charge is 0.414 e. The predicted octanol–water partition coefficient (Wildman–Crippen LogP) is 3.65. The van der Waals surface area contributed by atoms with Crippen molar-refractivity contribution in [1.29, 1.82) is 0 Å². The number of nitrogens with zero attached hydrogens (tertiary/aromatic N) is 4. The number of carbonyl (C=O) groups excluding carboxylic acids is 1. The van der Waals surface area contributed by atoms with Gasteiger partial charge < -0.3 is 19.9 Å². The van der Waals surface area contributed by atoms with E-state index in [2.05, 4.69) is 23.1 Å². The van der Waals surface area contributed by atoms with Crippen molar-refractivity contribution in [1.82, 2.24) is 9.97 Å². The Bertz CT molecular complexity index is 981. The fraction of sp³-hybridized carbons (Fsp3) is 0.286. The van der Waals surface area contributed by atoms with Crippen LogP contribution in [0.15, 0.2) is 49.7 Å². The molecule has 0 spiro atoms. The lowest BCUT2D eigenvalue weighted by Crippen LogP contribution is -2.32. The van der Waals surface area contributed by atoms with E-state index in [4.69, 9.17) is 19.9 Å². The van der Waals surface area contributed by atoms with Gasteiger partial charge in [0.25, 0.3) is 0 Å². The summed E-state index contributed by atoms with van der Waals surface area (Å²) in [4.78, 5) is 33.1. The summed E-state index contributed by atoms with van der Waals surface area (Å²) >= 11 is 0. The van der Waals surface area contributed by atoms with Crippen molar-refractivity contribution in [3.63, 3.8) is 0 Å². The van der Waals surface area contributed by atoms with E-state index in [1.54, 1.807) is 31.2 Å². The van der Waals surface area contributed by atoms with Gasteiger partial charge in [0.15, 0.2) is 0 Å². The average Bonchev–Trinajstić information content (AvgIpc) is 2.76. The Morgan fingerprint density at radius 1 is 1.34 bits per heavy atom. The third-order valence-electron chi connectivity index (χ3n) is 4.02. The molecule has 0 aliphatic heterocycles. The Balaban J connectivity index is 2.57. The minimum absolute atomic E-state index is 0.0170. The molecule has 0 radical (unpaired) electrons. The Morgan fingerprint density at radius 3 is 2.78 bits per heavy atom. The number of anilines is 2. The molecular weight excluding hydrogens is 418 g/mol. The fourth-order valence-corrected chi connectivity index (χ4v) is 2.66. The molecule has 2 heterocycles. The second-order valence-electron chi connectivity index (χ2n) is 6.23. The minimum Gasteiger partial charge on any atom is -0.488 e. The van der Waals surface area contributed by atoms with E-state index in [1.807, 2.05) is 0 Å². The zero-order valence-corrected chi connectivity index (χ0v) is 17.7. The highest BCUT2D eigenvalue weighted by molar-refractivity contribution is 5.92. The number of ether oxygens (including phenoxy) is 3. The molecule has 2 rings (SSSR count). The topological polar surface area (TPSA) is 143 Å². The monoisotopic (exact) mass is 443 g/mol. The molecule has 0 aromatic carbocycles. The van der Waals surface area contributed by atoms with Crippen LogP contribution in [0.4, 0.5) is 22.0 Å². The number of rotatable bonds is 12. The van der Waals surface area contributed by atoms with Gasteiger partial charge in [-0.2, -0.15) is 4.98 Å². The van der Waals surface area contributed by atoms with Crippen LogP contribution < -0.4 is 20.1 Å². The molecule has 11 nitrogen and oxygen atoms in total.